The van der Waals surface area contributed by atoms with Crippen LogP contribution in [0.1, 0.15) is 16.2 Å². The van der Waals surface area contributed by atoms with Crippen LogP contribution in [0.2, 0.25) is 0 Å². The summed E-state index contributed by atoms with van der Waals surface area (Å²) in [7, 11) is 0. The summed E-state index contributed by atoms with van der Waals surface area (Å²) >= 11 is 1.82. The Balaban J connectivity index is 0.00000144. The van der Waals surface area contributed by atoms with Gasteiger partial charge in [0.15, 0.2) is 0 Å². The molecule has 13 heavy (non-hydrogen) atoms. The van der Waals surface area contributed by atoms with Gasteiger partial charge in [0.25, 0.3) is 0 Å². The molecule has 0 saturated carbocycles. The number of aryl methyl sites for hydroxylation is 1. The molecule has 2 N–H and O–H groups in total. The molecule has 0 aliphatic rings. The van der Waals surface area contributed by atoms with Gasteiger partial charge in [-0.1, -0.05) is 0 Å². The van der Waals surface area contributed by atoms with E-state index in [4.69, 9.17) is 5.11 Å². The summed E-state index contributed by atoms with van der Waals surface area (Å²) in [6, 6.07) is 4.28. The van der Waals surface area contributed by atoms with Gasteiger partial charge in [-0.2, -0.15) is 0 Å². The first-order chi connectivity index (χ1) is 5.83. The molecule has 0 fully saturated rings. The highest BCUT2D eigenvalue weighted by atomic mass is 35.5. The lowest BCUT2D eigenvalue weighted by Gasteiger charge is -1.99. The monoisotopic (exact) mass is 220 g/mol. The molecule has 0 spiro atoms. The van der Waals surface area contributed by atoms with Gasteiger partial charge >= 0.3 is 0 Å². The first-order valence-corrected chi connectivity index (χ1v) is 5.01. The average molecular weight is 221 g/mol. The van der Waals surface area contributed by atoms with Gasteiger partial charge in [-0.3, -0.25) is 0 Å². The summed E-state index contributed by atoms with van der Waals surface area (Å²) in [5.74, 6) is 0. The number of aliphatic hydroxyl groups excluding tert-OH is 1. The van der Waals surface area contributed by atoms with E-state index >= 15 is 0 Å². The third kappa shape index (κ3) is 5.26. The van der Waals surface area contributed by atoms with Crippen molar-refractivity contribution in [2.45, 2.75) is 19.9 Å². The smallest absolute Gasteiger partial charge is 0.0443 e. The van der Waals surface area contributed by atoms with E-state index in [-0.39, 0.29) is 19.0 Å². The van der Waals surface area contributed by atoms with Crippen LogP contribution >= 0.6 is 11.3 Å². The number of hydrogen-bond donors (Lipinski definition) is 2. The van der Waals surface area contributed by atoms with E-state index in [1.54, 1.807) is 0 Å². The molecule has 0 radical (unpaired) electrons. The van der Waals surface area contributed by atoms with Crippen molar-refractivity contribution in [3.8, 4) is 0 Å². The normalized spacial score (nSPS) is 9.69. The summed E-state index contributed by atoms with van der Waals surface area (Å²) in [6.45, 7) is 4.21. The summed E-state index contributed by atoms with van der Waals surface area (Å²) in [5, 5.41) is 11.8. The molecule has 1 rings (SSSR count). The third-order valence-electron chi connectivity index (χ3n) is 1.61. The largest absolute Gasteiger partial charge is 1.00 e. The Morgan fingerprint density at radius 1 is 1.46 bits per heavy atom. The van der Waals surface area contributed by atoms with E-state index < -0.39 is 0 Å². The topological polar surface area (TPSA) is 32.3 Å². The highest BCUT2D eigenvalue weighted by molar-refractivity contribution is 7.11. The van der Waals surface area contributed by atoms with Crippen molar-refractivity contribution in [2.24, 2.45) is 0 Å². The Morgan fingerprint density at radius 2 is 2.23 bits per heavy atom. The van der Waals surface area contributed by atoms with Gasteiger partial charge < -0.3 is 22.8 Å². The maximum atomic E-state index is 8.53. The van der Waals surface area contributed by atoms with Crippen LogP contribution in [0.15, 0.2) is 12.1 Å². The van der Waals surface area contributed by atoms with Crippen LogP contribution in [0.4, 0.5) is 0 Å². The van der Waals surface area contributed by atoms with Crippen molar-refractivity contribution >= 4 is 11.3 Å². The Morgan fingerprint density at radius 3 is 2.77 bits per heavy atom. The van der Waals surface area contributed by atoms with E-state index in [9.17, 15) is 0 Å². The van der Waals surface area contributed by atoms with Gasteiger partial charge in [-0.25, -0.2) is 0 Å². The molecule has 0 atom stereocenters. The van der Waals surface area contributed by atoms with E-state index in [0.717, 1.165) is 19.5 Å². The first kappa shape index (κ1) is 12.9. The summed E-state index contributed by atoms with van der Waals surface area (Å²) in [5.41, 5.74) is 0. The molecule has 1 heterocycles. The van der Waals surface area contributed by atoms with Crippen LogP contribution in [0.25, 0.3) is 0 Å². The molecule has 0 aliphatic heterocycles. The predicted molar refractivity (Wildman–Crippen MR) is 52.5 cm³/mol. The van der Waals surface area contributed by atoms with E-state index in [1.165, 1.54) is 9.75 Å². The van der Waals surface area contributed by atoms with Crippen molar-refractivity contribution in [1.29, 1.82) is 0 Å². The van der Waals surface area contributed by atoms with Crippen LogP contribution in [0.3, 0.4) is 0 Å². The molecule has 0 saturated heterocycles. The number of thiophene rings is 1. The van der Waals surface area contributed by atoms with Crippen LogP contribution in [0, 0.1) is 6.92 Å². The highest BCUT2D eigenvalue weighted by Gasteiger charge is 1.94. The average Bonchev–Trinajstić information content (AvgIpc) is 2.45. The molecule has 0 amide bonds. The standard InChI is InChI=1S/C9H15NOS.ClH/c1-8-3-4-9(12-8)7-10-5-2-6-11;/h3-4,10-11H,2,5-7H2,1H3;1H/p-1. The molecule has 0 unspecified atom stereocenters. The molecular formula is C9H15ClNOS-. The van der Waals surface area contributed by atoms with Gasteiger partial charge in [0.05, 0.1) is 0 Å². The lowest BCUT2D eigenvalue weighted by molar-refractivity contribution is -0.00000366. The Hall–Kier alpha value is -0.0900. The second kappa shape index (κ2) is 7.33. The van der Waals surface area contributed by atoms with E-state index in [0.29, 0.717) is 0 Å². The minimum absolute atomic E-state index is 0. The number of hydrogen-bond acceptors (Lipinski definition) is 3. The zero-order valence-electron chi connectivity index (χ0n) is 7.72. The Kier molecular flexibility index (Phi) is 7.28. The summed E-state index contributed by atoms with van der Waals surface area (Å²) in [4.78, 5) is 2.72. The van der Waals surface area contributed by atoms with Crippen molar-refractivity contribution < 1.29 is 17.5 Å². The fraction of sp³-hybridized carbons (Fsp3) is 0.556. The fourth-order valence-corrected chi connectivity index (χ4v) is 1.86. The predicted octanol–water partition coefficient (Wildman–Crippen LogP) is -1.47. The van der Waals surface area contributed by atoms with Gasteiger partial charge in [0.1, 0.15) is 0 Å². The Labute approximate surface area is 89.4 Å². The zero-order chi connectivity index (χ0) is 8.81. The lowest BCUT2D eigenvalue weighted by atomic mass is 10.4. The second-order valence-electron chi connectivity index (χ2n) is 2.77. The van der Waals surface area contributed by atoms with Gasteiger partial charge in [0, 0.05) is 22.9 Å². The number of halogens is 1. The second-order valence-corrected chi connectivity index (χ2v) is 4.14. The molecule has 0 aromatic carbocycles. The fourth-order valence-electron chi connectivity index (χ4n) is 0.996. The van der Waals surface area contributed by atoms with Crippen molar-refractivity contribution in [1.82, 2.24) is 5.32 Å². The maximum Gasteiger partial charge on any atom is 0.0443 e. The SMILES string of the molecule is Cc1ccc(CNCCCO)s1.[Cl-]. The molecule has 0 aliphatic carbocycles. The van der Waals surface area contributed by atoms with Crippen LogP contribution in [-0.4, -0.2) is 18.3 Å². The molecule has 4 heteroatoms. The first-order valence-electron chi connectivity index (χ1n) is 4.20. The van der Waals surface area contributed by atoms with E-state index in [1.807, 2.05) is 11.3 Å². The lowest BCUT2D eigenvalue weighted by Crippen LogP contribution is -3.00. The Bertz CT molecular complexity index is 227. The number of rotatable bonds is 5. The van der Waals surface area contributed by atoms with Crippen molar-refractivity contribution in [2.75, 3.05) is 13.2 Å². The minimum atomic E-state index is 0. The molecule has 1 aromatic rings. The molecule has 2 nitrogen and oxygen atoms in total. The number of aliphatic hydroxyl groups is 1. The zero-order valence-corrected chi connectivity index (χ0v) is 9.29. The quantitative estimate of drug-likeness (QED) is 0.595. The molecule has 0 bridgehead atoms. The van der Waals surface area contributed by atoms with Gasteiger partial charge in [-0.05, 0) is 32.0 Å². The molecule has 76 valence electrons. The van der Waals surface area contributed by atoms with Crippen molar-refractivity contribution in [3.05, 3.63) is 21.9 Å². The van der Waals surface area contributed by atoms with Crippen LogP contribution < -0.4 is 17.7 Å². The highest BCUT2D eigenvalue weighted by Crippen LogP contribution is 2.14. The molecular weight excluding hydrogens is 206 g/mol. The third-order valence-corrected chi connectivity index (χ3v) is 2.61. The van der Waals surface area contributed by atoms with Gasteiger partial charge in [0.2, 0.25) is 0 Å². The van der Waals surface area contributed by atoms with Crippen molar-refractivity contribution in [3.63, 3.8) is 0 Å². The van der Waals surface area contributed by atoms with Crippen LogP contribution in [-0.2, 0) is 6.54 Å². The van der Waals surface area contributed by atoms with E-state index in [2.05, 4.69) is 24.4 Å². The minimum Gasteiger partial charge on any atom is -1.00 e. The van der Waals surface area contributed by atoms with Gasteiger partial charge in [-0.15, -0.1) is 11.3 Å². The maximum absolute atomic E-state index is 8.53. The number of nitrogens with one attached hydrogen (secondary N) is 1. The summed E-state index contributed by atoms with van der Waals surface area (Å²) in [6.07, 6.45) is 0.838. The summed E-state index contributed by atoms with van der Waals surface area (Å²) < 4.78 is 0. The molecule has 1 aromatic heterocycles. The van der Waals surface area contributed by atoms with Crippen LogP contribution in [0.5, 0.6) is 0 Å².